The summed E-state index contributed by atoms with van der Waals surface area (Å²) in [6.07, 6.45) is 0. The third-order valence-electron chi connectivity index (χ3n) is 1.34. The van der Waals surface area contributed by atoms with Crippen molar-refractivity contribution in [1.82, 2.24) is 4.48 Å². The van der Waals surface area contributed by atoms with Crippen LogP contribution < -0.4 is 10.1 Å². The Morgan fingerprint density at radius 2 is 1.91 bits per heavy atom. The van der Waals surface area contributed by atoms with E-state index in [0.29, 0.717) is 10.4 Å². The summed E-state index contributed by atoms with van der Waals surface area (Å²) < 4.78 is 5.48. The molecule has 3 heteroatoms. The van der Waals surface area contributed by atoms with Crippen LogP contribution in [-0.4, -0.2) is 21.1 Å². The minimum Gasteiger partial charge on any atom is -0.375 e. The maximum Gasteiger partial charge on any atom is 0.339 e. The fourth-order valence-corrected chi connectivity index (χ4v) is 0.741. The molecule has 0 aromatic carbocycles. The molecule has 0 aliphatic rings. The smallest absolute Gasteiger partial charge is 0.339 e. The minimum atomic E-state index is -0.296. The van der Waals surface area contributed by atoms with Gasteiger partial charge in [-0.25, -0.2) is 4.79 Å². The monoisotopic (exact) mass is 154 g/mol. The van der Waals surface area contributed by atoms with Gasteiger partial charge in [0.05, 0.1) is 21.1 Å². The van der Waals surface area contributed by atoms with Crippen LogP contribution in [0.15, 0.2) is 27.4 Å². The lowest BCUT2D eigenvalue weighted by atomic mass is 10.4. The van der Waals surface area contributed by atoms with Crippen molar-refractivity contribution in [3.05, 3.63) is 28.6 Å². The van der Waals surface area contributed by atoms with E-state index in [1.54, 1.807) is 12.1 Å². The molecule has 0 bridgehead atoms. The standard InChI is InChI=1S/C8H12NO2/c1-9(2,3)7-5-4-6-8(10)11-7/h4-6H,1-3H3/q+1. The maximum absolute atomic E-state index is 10.8. The van der Waals surface area contributed by atoms with Crippen LogP contribution in [0.25, 0.3) is 0 Å². The first kappa shape index (κ1) is 8.01. The second-order valence-corrected chi connectivity index (χ2v) is 3.30. The molecule has 0 unspecified atom stereocenters. The Labute approximate surface area is 65.5 Å². The van der Waals surface area contributed by atoms with Gasteiger partial charge in [-0.1, -0.05) is 0 Å². The van der Waals surface area contributed by atoms with Crippen LogP contribution >= 0.6 is 0 Å². The zero-order valence-corrected chi connectivity index (χ0v) is 7.00. The SMILES string of the molecule is C[N+](C)(C)c1cccc(=O)o1. The van der Waals surface area contributed by atoms with Crippen molar-refractivity contribution in [3.63, 3.8) is 0 Å². The van der Waals surface area contributed by atoms with Crippen LogP contribution in [0.5, 0.6) is 0 Å². The topological polar surface area (TPSA) is 30.2 Å². The van der Waals surface area contributed by atoms with Gasteiger partial charge in [-0.2, -0.15) is 0 Å². The average molecular weight is 154 g/mol. The molecule has 1 aromatic heterocycles. The maximum atomic E-state index is 10.8. The lowest BCUT2D eigenvalue weighted by Crippen LogP contribution is -2.35. The van der Waals surface area contributed by atoms with Gasteiger partial charge in [-0.3, -0.25) is 4.48 Å². The molecule has 3 nitrogen and oxygen atoms in total. The molecule has 1 heterocycles. The van der Waals surface area contributed by atoms with Gasteiger partial charge in [0.2, 0.25) is 0 Å². The number of quaternary nitrogens is 1. The normalized spacial score (nSPS) is 11.5. The molecule has 0 saturated carbocycles. The first-order chi connectivity index (χ1) is 5.00. The van der Waals surface area contributed by atoms with Gasteiger partial charge < -0.3 is 4.42 Å². The first-order valence-electron chi connectivity index (χ1n) is 3.42. The number of rotatable bonds is 1. The largest absolute Gasteiger partial charge is 0.375 e. The minimum absolute atomic E-state index is 0.296. The molecular weight excluding hydrogens is 142 g/mol. The number of hydrogen-bond donors (Lipinski definition) is 0. The molecule has 0 aliphatic heterocycles. The van der Waals surface area contributed by atoms with E-state index >= 15 is 0 Å². The Kier molecular flexibility index (Phi) is 1.83. The highest BCUT2D eigenvalue weighted by molar-refractivity contribution is 5.26. The highest BCUT2D eigenvalue weighted by Gasteiger charge is 2.14. The molecular formula is C8H12NO2+. The third-order valence-corrected chi connectivity index (χ3v) is 1.34. The molecule has 1 rings (SSSR count). The van der Waals surface area contributed by atoms with Crippen LogP contribution in [0.3, 0.4) is 0 Å². The highest BCUT2D eigenvalue weighted by Crippen LogP contribution is 2.11. The van der Waals surface area contributed by atoms with Gasteiger partial charge >= 0.3 is 5.63 Å². The van der Waals surface area contributed by atoms with Gasteiger partial charge in [0.25, 0.3) is 5.88 Å². The zero-order chi connectivity index (χ0) is 8.48. The van der Waals surface area contributed by atoms with Crippen LogP contribution in [0.4, 0.5) is 5.88 Å². The predicted octanol–water partition coefficient (Wildman–Crippen LogP) is 0.837. The molecule has 0 amide bonds. The van der Waals surface area contributed by atoms with Crippen LogP contribution in [0.1, 0.15) is 0 Å². The molecule has 0 radical (unpaired) electrons. The van der Waals surface area contributed by atoms with E-state index in [2.05, 4.69) is 0 Å². The van der Waals surface area contributed by atoms with Gasteiger partial charge in [0.1, 0.15) is 0 Å². The summed E-state index contributed by atoms with van der Waals surface area (Å²) in [6, 6.07) is 4.89. The van der Waals surface area contributed by atoms with E-state index in [1.165, 1.54) is 6.07 Å². The molecule has 0 fully saturated rings. The zero-order valence-electron chi connectivity index (χ0n) is 7.00. The van der Waals surface area contributed by atoms with Gasteiger partial charge in [-0.15, -0.1) is 0 Å². The van der Waals surface area contributed by atoms with Crippen LogP contribution in [0.2, 0.25) is 0 Å². The van der Waals surface area contributed by atoms with Crippen molar-refractivity contribution >= 4 is 5.88 Å². The van der Waals surface area contributed by atoms with Crippen molar-refractivity contribution in [1.29, 1.82) is 0 Å². The molecule has 0 saturated heterocycles. The summed E-state index contributed by atoms with van der Waals surface area (Å²) in [5.41, 5.74) is -0.296. The Balaban J connectivity index is 3.16. The Morgan fingerprint density at radius 3 is 2.27 bits per heavy atom. The van der Waals surface area contributed by atoms with E-state index in [-0.39, 0.29) is 5.63 Å². The van der Waals surface area contributed by atoms with Crippen molar-refractivity contribution < 1.29 is 4.42 Å². The lowest BCUT2D eigenvalue weighted by molar-refractivity contribution is 0.360. The molecule has 1 aromatic rings. The van der Waals surface area contributed by atoms with Crippen molar-refractivity contribution in [2.24, 2.45) is 0 Å². The van der Waals surface area contributed by atoms with E-state index < -0.39 is 0 Å². The van der Waals surface area contributed by atoms with Crippen molar-refractivity contribution in [2.45, 2.75) is 0 Å². The third kappa shape index (κ3) is 1.91. The summed E-state index contributed by atoms with van der Waals surface area (Å²) in [5, 5.41) is 0. The van der Waals surface area contributed by atoms with Crippen LogP contribution in [0, 0.1) is 0 Å². The summed E-state index contributed by atoms with van der Waals surface area (Å²) >= 11 is 0. The van der Waals surface area contributed by atoms with Gasteiger partial charge in [0.15, 0.2) is 0 Å². The fourth-order valence-electron chi connectivity index (χ4n) is 0.741. The van der Waals surface area contributed by atoms with Crippen molar-refractivity contribution in [2.75, 3.05) is 21.1 Å². The van der Waals surface area contributed by atoms with E-state index in [1.807, 2.05) is 21.1 Å². The Morgan fingerprint density at radius 1 is 1.27 bits per heavy atom. The molecule has 0 spiro atoms. The van der Waals surface area contributed by atoms with Crippen LogP contribution in [-0.2, 0) is 0 Å². The quantitative estimate of drug-likeness (QED) is 0.561. The predicted molar refractivity (Wildman–Crippen MR) is 44.5 cm³/mol. The fraction of sp³-hybridized carbons (Fsp3) is 0.375. The Hall–Kier alpha value is -1.09. The summed E-state index contributed by atoms with van der Waals surface area (Å²) in [4.78, 5) is 10.8. The highest BCUT2D eigenvalue weighted by atomic mass is 16.4. The molecule has 11 heavy (non-hydrogen) atoms. The summed E-state index contributed by atoms with van der Waals surface area (Å²) in [5.74, 6) is 0.664. The second-order valence-electron chi connectivity index (χ2n) is 3.30. The molecule has 60 valence electrons. The molecule has 0 N–H and O–H groups in total. The average Bonchev–Trinajstić information content (AvgIpc) is 1.86. The van der Waals surface area contributed by atoms with Crippen molar-refractivity contribution in [3.8, 4) is 0 Å². The number of hydrogen-bond acceptors (Lipinski definition) is 2. The molecule has 0 atom stereocenters. The Bertz CT molecular complexity index is 295. The summed E-state index contributed by atoms with van der Waals surface area (Å²) in [6.45, 7) is 0. The first-order valence-corrected chi connectivity index (χ1v) is 3.42. The molecule has 0 aliphatic carbocycles. The number of nitrogens with zero attached hydrogens (tertiary/aromatic N) is 1. The van der Waals surface area contributed by atoms with E-state index in [9.17, 15) is 4.79 Å². The lowest BCUT2D eigenvalue weighted by Gasteiger charge is -2.19. The van der Waals surface area contributed by atoms with E-state index in [4.69, 9.17) is 4.42 Å². The van der Waals surface area contributed by atoms with Gasteiger partial charge in [0, 0.05) is 12.1 Å². The summed E-state index contributed by atoms with van der Waals surface area (Å²) in [7, 11) is 5.83. The van der Waals surface area contributed by atoms with E-state index in [0.717, 1.165) is 0 Å². The second kappa shape index (κ2) is 2.51. The van der Waals surface area contributed by atoms with Gasteiger partial charge in [-0.05, 0) is 6.07 Å².